The number of thiophene rings is 2. The van der Waals surface area contributed by atoms with Crippen molar-refractivity contribution in [3.05, 3.63) is 51.7 Å². The van der Waals surface area contributed by atoms with Gasteiger partial charge >= 0.3 is 5.97 Å². The van der Waals surface area contributed by atoms with Gasteiger partial charge in [0.1, 0.15) is 10.6 Å². The number of fused-ring (bicyclic) bond motifs is 1. The van der Waals surface area contributed by atoms with Crippen LogP contribution in [0, 0.1) is 0 Å². The van der Waals surface area contributed by atoms with Crippen molar-refractivity contribution in [2.24, 2.45) is 0 Å². The Bertz CT molecular complexity index is 765. The maximum atomic E-state index is 12.3. The van der Waals surface area contributed by atoms with E-state index in [9.17, 15) is 4.79 Å². The van der Waals surface area contributed by atoms with Gasteiger partial charge in [0.25, 0.3) is 0 Å². The minimum atomic E-state index is -0.266. The Morgan fingerprint density at radius 1 is 1.04 bits per heavy atom. The Labute approximate surface area is 144 Å². The van der Waals surface area contributed by atoms with Gasteiger partial charge < -0.3 is 4.74 Å². The van der Waals surface area contributed by atoms with E-state index in [0.717, 1.165) is 12.8 Å². The van der Waals surface area contributed by atoms with Crippen LogP contribution >= 0.6 is 22.7 Å². The van der Waals surface area contributed by atoms with Crippen molar-refractivity contribution in [1.29, 1.82) is 0 Å². The number of carbonyl (C=O) groups excluding carboxylic acids is 1. The second-order valence-corrected chi connectivity index (χ2v) is 7.79. The zero-order chi connectivity index (χ0) is 16.2. The van der Waals surface area contributed by atoms with Crippen LogP contribution in [0.4, 0.5) is 0 Å². The maximum Gasteiger partial charge on any atom is 0.353 e. The second-order valence-electron chi connectivity index (χ2n) is 5.54. The van der Waals surface area contributed by atoms with Gasteiger partial charge in [0.05, 0.1) is 0 Å². The molecule has 0 aliphatic carbocycles. The number of benzene rings is 1. The van der Waals surface area contributed by atoms with Crippen LogP contribution in [0.1, 0.15) is 46.8 Å². The van der Waals surface area contributed by atoms with Gasteiger partial charge in [0, 0.05) is 14.3 Å². The van der Waals surface area contributed by atoms with Crippen molar-refractivity contribution in [1.82, 2.24) is 0 Å². The molecule has 3 rings (SSSR count). The lowest BCUT2D eigenvalue weighted by atomic mass is 10.2. The molecule has 0 saturated heterocycles. The van der Waals surface area contributed by atoms with Crippen LogP contribution in [0.25, 0.3) is 9.40 Å². The zero-order valence-electron chi connectivity index (χ0n) is 13.4. The predicted molar refractivity (Wildman–Crippen MR) is 99.1 cm³/mol. The van der Waals surface area contributed by atoms with Crippen LogP contribution in [0.2, 0.25) is 0 Å². The highest BCUT2D eigenvalue weighted by Gasteiger charge is 2.14. The van der Waals surface area contributed by atoms with E-state index < -0.39 is 0 Å². The van der Waals surface area contributed by atoms with Gasteiger partial charge in [-0.2, -0.15) is 0 Å². The molecule has 2 nitrogen and oxygen atoms in total. The van der Waals surface area contributed by atoms with Gasteiger partial charge in [-0.1, -0.05) is 32.4 Å². The highest BCUT2D eigenvalue weighted by atomic mass is 32.1. The molecule has 120 valence electrons. The molecule has 0 atom stereocenters. The first kappa shape index (κ1) is 16.2. The smallest absolute Gasteiger partial charge is 0.353 e. The molecule has 0 radical (unpaired) electrons. The van der Waals surface area contributed by atoms with Gasteiger partial charge in [-0.3, -0.25) is 0 Å². The van der Waals surface area contributed by atoms with Crippen LogP contribution in [0.3, 0.4) is 0 Å². The summed E-state index contributed by atoms with van der Waals surface area (Å²) in [6, 6.07) is 11.9. The van der Waals surface area contributed by atoms with E-state index in [2.05, 4.69) is 19.9 Å². The second kappa shape index (κ2) is 7.28. The molecule has 0 amide bonds. The van der Waals surface area contributed by atoms with Crippen LogP contribution in [0.5, 0.6) is 5.75 Å². The first-order valence-corrected chi connectivity index (χ1v) is 9.66. The van der Waals surface area contributed by atoms with Gasteiger partial charge in [-0.15, -0.1) is 22.7 Å². The molecule has 0 saturated carbocycles. The molecule has 0 N–H and O–H groups in total. The Balaban J connectivity index is 1.71. The number of ether oxygens (including phenoxy) is 1. The molecule has 4 heteroatoms. The van der Waals surface area contributed by atoms with E-state index in [4.69, 9.17) is 4.74 Å². The molecule has 0 unspecified atom stereocenters. The summed E-state index contributed by atoms with van der Waals surface area (Å²) in [6.45, 7) is 4.31. The molecule has 23 heavy (non-hydrogen) atoms. The number of aryl methyl sites for hydroxylation is 2. The summed E-state index contributed by atoms with van der Waals surface area (Å²) < 4.78 is 7.85. The van der Waals surface area contributed by atoms with Gasteiger partial charge in [-0.25, -0.2) is 4.79 Å². The Morgan fingerprint density at radius 3 is 2.43 bits per heavy atom. The van der Waals surface area contributed by atoms with Crippen LogP contribution in [-0.2, 0) is 12.8 Å². The third-order valence-electron chi connectivity index (χ3n) is 3.78. The molecule has 0 spiro atoms. The first-order valence-electron chi connectivity index (χ1n) is 8.03. The Morgan fingerprint density at radius 2 is 1.78 bits per heavy atom. The third-order valence-corrected chi connectivity index (χ3v) is 6.11. The van der Waals surface area contributed by atoms with Crippen molar-refractivity contribution in [2.45, 2.75) is 39.5 Å². The summed E-state index contributed by atoms with van der Waals surface area (Å²) in [7, 11) is 0. The molecule has 0 aliphatic heterocycles. The largest absolute Gasteiger partial charge is 0.422 e. The lowest BCUT2D eigenvalue weighted by Gasteiger charge is -2.03. The van der Waals surface area contributed by atoms with E-state index in [1.165, 1.54) is 44.0 Å². The SMILES string of the molecule is CCCCc1cc2sc(C(=O)Oc3ccc(CC)cc3)cc2s1. The molecular weight excluding hydrogens is 324 g/mol. The third kappa shape index (κ3) is 3.82. The quantitative estimate of drug-likeness (QED) is 0.400. The van der Waals surface area contributed by atoms with E-state index in [1.54, 1.807) is 11.3 Å². The van der Waals surface area contributed by atoms with Crippen molar-refractivity contribution in [3.63, 3.8) is 0 Å². The van der Waals surface area contributed by atoms with Crippen molar-refractivity contribution < 1.29 is 9.53 Å². The molecule has 1 aromatic carbocycles. The number of rotatable bonds is 6. The lowest BCUT2D eigenvalue weighted by Crippen LogP contribution is -2.06. The minimum absolute atomic E-state index is 0.266. The fraction of sp³-hybridized carbons (Fsp3) is 0.316. The van der Waals surface area contributed by atoms with Gasteiger partial charge in [0.2, 0.25) is 0 Å². The topological polar surface area (TPSA) is 26.3 Å². The summed E-state index contributed by atoms with van der Waals surface area (Å²) in [5.74, 6) is 0.338. The molecule has 0 aliphatic rings. The molecule has 2 aromatic heterocycles. The number of carbonyl (C=O) groups is 1. The van der Waals surface area contributed by atoms with Crippen LogP contribution in [-0.4, -0.2) is 5.97 Å². The van der Waals surface area contributed by atoms with Crippen molar-refractivity contribution >= 4 is 38.0 Å². The standard InChI is InChI=1S/C19H20O2S2/c1-3-5-6-15-11-16-17(22-15)12-18(23-16)19(20)21-14-9-7-13(4-2)8-10-14/h7-12H,3-6H2,1-2H3. The number of hydrogen-bond donors (Lipinski definition) is 0. The maximum absolute atomic E-state index is 12.3. The fourth-order valence-corrected chi connectivity index (χ4v) is 4.75. The number of unbranched alkanes of at least 4 members (excludes halogenated alkanes) is 1. The van der Waals surface area contributed by atoms with E-state index in [1.807, 2.05) is 30.3 Å². The molecule has 2 heterocycles. The summed E-state index contributed by atoms with van der Waals surface area (Å²) in [4.78, 5) is 14.4. The summed E-state index contributed by atoms with van der Waals surface area (Å²) >= 11 is 3.31. The summed E-state index contributed by atoms with van der Waals surface area (Å²) in [5.41, 5.74) is 1.24. The fourth-order valence-electron chi connectivity index (χ4n) is 2.41. The predicted octanol–water partition coefficient (Wildman–Crippen LogP) is 6.09. The molecule has 0 bridgehead atoms. The number of hydrogen-bond acceptors (Lipinski definition) is 4. The van der Waals surface area contributed by atoms with Gasteiger partial charge in [0.15, 0.2) is 0 Å². The Kier molecular flexibility index (Phi) is 5.13. The number of esters is 1. The van der Waals surface area contributed by atoms with Crippen molar-refractivity contribution in [2.75, 3.05) is 0 Å². The first-order chi connectivity index (χ1) is 11.2. The van der Waals surface area contributed by atoms with Crippen molar-refractivity contribution in [3.8, 4) is 5.75 Å². The van der Waals surface area contributed by atoms with E-state index >= 15 is 0 Å². The molecule has 0 fully saturated rings. The minimum Gasteiger partial charge on any atom is -0.422 e. The average Bonchev–Trinajstić information content (AvgIpc) is 3.12. The molecular formula is C19H20O2S2. The summed E-state index contributed by atoms with van der Waals surface area (Å²) in [5, 5.41) is 0. The van der Waals surface area contributed by atoms with E-state index in [-0.39, 0.29) is 5.97 Å². The average molecular weight is 345 g/mol. The normalized spacial score (nSPS) is 11.0. The summed E-state index contributed by atoms with van der Waals surface area (Å²) in [6.07, 6.45) is 4.54. The zero-order valence-corrected chi connectivity index (χ0v) is 15.1. The van der Waals surface area contributed by atoms with Crippen LogP contribution in [0.15, 0.2) is 36.4 Å². The monoisotopic (exact) mass is 344 g/mol. The highest BCUT2D eigenvalue weighted by molar-refractivity contribution is 7.28. The van der Waals surface area contributed by atoms with Gasteiger partial charge in [-0.05, 0) is 49.1 Å². The Hall–Kier alpha value is -1.65. The van der Waals surface area contributed by atoms with E-state index in [0.29, 0.717) is 10.6 Å². The molecule has 3 aromatic rings. The lowest BCUT2D eigenvalue weighted by molar-refractivity contribution is 0.0740. The van der Waals surface area contributed by atoms with Crippen LogP contribution < -0.4 is 4.74 Å². The highest BCUT2D eigenvalue weighted by Crippen LogP contribution is 2.34.